The molecule has 5 nitrogen and oxygen atoms in total. The molecular weight excluding hydrogens is 569 g/mol. The van der Waals surface area contributed by atoms with Crippen molar-refractivity contribution in [3.05, 3.63) is 96.4 Å². The zero-order chi connectivity index (χ0) is 26.0. The van der Waals surface area contributed by atoms with Gasteiger partial charge in [0, 0.05) is 36.4 Å². The lowest BCUT2D eigenvalue weighted by atomic mass is 10.1. The first-order valence-corrected chi connectivity index (χ1v) is 11.6. The van der Waals surface area contributed by atoms with Gasteiger partial charge in [-0.1, -0.05) is 30.3 Å². The largest absolute Gasteiger partial charge is 0.416 e. The molecule has 3 aromatic heterocycles. The van der Waals surface area contributed by atoms with Crippen LogP contribution in [0.4, 0.5) is 39.4 Å². The van der Waals surface area contributed by atoms with Crippen molar-refractivity contribution < 1.29 is 26.5 Å². The first-order valence-electron chi connectivity index (χ1n) is 11.6. The van der Waals surface area contributed by atoms with E-state index in [2.05, 4.69) is 15.3 Å². The number of anilines is 3. The van der Waals surface area contributed by atoms with E-state index in [0.29, 0.717) is 17.9 Å². The van der Waals surface area contributed by atoms with E-state index < -0.39 is 24.2 Å². The van der Waals surface area contributed by atoms with Crippen molar-refractivity contribution in [1.82, 2.24) is 9.97 Å². The highest BCUT2D eigenvalue weighted by molar-refractivity contribution is 8.93. The van der Waals surface area contributed by atoms with Crippen molar-refractivity contribution in [3.63, 3.8) is 0 Å². The fourth-order valence-electron chi connectivity index (χ4n) is 4.23. The van der Waals surface area contributed by atoms with Gasteiger partial charge in [0.1, 0.15) is 17.5 Å². The number of halogens is 6. The molecule has 0 aliphatic carbocycles. The number of pyridine rings is 3. The number of nitrogens with zero attached hydrogens (tertiary/aromatic N) is 4. The lowest BCUT2D eigenvalue weighted by Gasteiger charge is -2.19. The second-order valence-corrected chi connectivity index (χ2v) is 8.93. The summed E-state index contributed by atoms with van der Waals surface area (Å²) >= 11 is 0. The van der Waals surface area contributed by atoms with Crippen LogP contribution in [0.1, 0.15) is 17.5 Å². The van der Waals surface area contributed by atoms with Crippen LogP contribution in [-0.2, 0) is 12.7 Å². The molecule has 1 aliphatic heterocycles. The minimum atomic E-state index is -4.53. The van der Waals surface area contributed by atoms with Gasteiger partial charge in [-0.05, 0) is 35.9 Å². The van der Waals surface area contributed by atoms with Crippen LogP contribution in [0, 0.1) is 0 Å². The second-order valence-electron chi connectivity index (χ2n) is 8.93. The Bertz CT molecular complexity index is 1400. The number of nitrogens with one attached hydrogen (secondary N) is 1. The smallest absolute Gasteiger partial charge is 0.350 e. The summed E-state index contributed by atoms with van der Waals surface area (Å²) in [7, 11) is 0. The molecule has 0 bridgehead atoms. The molecule has 11 heteroatoms. The van der Waals surface area contributed by atoms with Gasteiger partial charge in [0.2, 0.25) is 0 Å². The molecular formula is C27H24BrF5N5+. The summed E-state index contributed by atoms with van der Waals surface area (Å²) in [5, 5.41) is 2.82. The van der Waals surface area contributed by atoms with Crippen LogP contribution < -0.4 is 14.8 Å². The van der Waals surface area contributed by atoms with Gasteiger partial charge in [-0.15, -0.1) is 17.0 Å². The van der Waals surface area contributed by atoms with Crippen molar-refractivity contribution >= 4 is 34.4 Å². The lowest BCUT2D eigenvalue weighted by Crippen LogP contribution is -2.33. The van der Waals surface area contributed by atoms with Gasteiger partial charge in [0.25, 0.3) is 5.92 Å². The highest BCUT2D eigenvalue weighted by Gasteiger charge is 2.39. The summed E-state index contributed by atoms with van der Waals surface area (Å²) in [6, 6.07) is 18.8. The molecule has 5 rings (SSSR count). The Morgan fingerprint density at radius 3 is 2.45 bits per heavy atom. The highest BCUT2D eigenvalue weighted by Crippen LogP contribution is 2.34. The Morgan fingerprint density at radius 2 is 1.74 bits per heavy atom. The van der Waals surface area contributed by atoms with E-state index in [9.17, 15) is 22.0 Å². The second kappa shape index (κ2) is 11.0. The number of hydrogen-bond acceptors (Lipinski definition) is 4. The monoisotopic (exact) mass is 592 g/mol. The summed E-state index contributed by atoms with van der Waals surface area (Å²) in [5.74, 6) is -2.38. The number of hydrogen-bond donors (Lipinski definition) is 1. The van der Waals surface area contributed by atoms with E-state index in [-0.39, 0.29) is 41.6 Å². The normalized spacial score (nSPS) is 14.7. The van der Waals surface area contributed by atoms with Crippen molar-refractivity contribution in [2.75, 3.05) is 23.3 Å². The maximum absolute atomic E-state index is 14.0. The summed E-state index contributed by atoms with van der Waals surface area (Å²) in [6.45, 7) is 0.269. The minimum Gasteiger partial charge on any atom is -0.350 e. The summed E-state index contributed by atoms with van der Waals surface area (Å²) in [5.41, 5.74) is 1.73. The average Bonchev–Trinajstić information content (AvgIpc) is 3.24. The summed E-state index contributed by atoms with van der Waals surface area (Å²) in [6.07, 6.45) is 0.0829. The van der Waals surface area contributed by atoms with Gasteiger partial charge in [0.05, 0.1) is 12.1 Å². The Morgan fingerprint density at radius 1 is 0.947 bits per heavy atom. The third-order valence-electron chi connectivity index (χ3n) is 6.05. The van der Waals surface area contributed by atoms with Gasteiger partial charge in [-0.3, -0.25) is 0 Å². The molecule has 198 valence electrons. The van der Waals surface area contributed by atoms with E-state index in [1.165, 1.54) is 4.90 Å². The maximum atomic E-state index is 14.0. The van der Waals surface area contributed by atoms with Gasteiger partial charge < -0.3 is 10.2 Å². The zero-order valence-electron chi connectivity index (χ0n) is 20.0. The van der Waals surface area contributed by atoms with Gasteiger partial charge in [0.15, 0.2) is 18.9 Å². The molecule has 38 heavy (non-hydrogen) atoms. The van der Waals surface area contributed by atoms with Gasteiger partial charge >= 0.3 is 6.18 Å². The Balaban J connectivity index is 0.00000336. The van der Waals surface area contributed by atoms with Gasteiger partial charge in [-0.2, -0.15) is 13.2 Å². The fourth-order valence-corrected chi connectivity index (χ4v) is 4.23. The molecule has 0 amide bonds. The van der Waals surface area contributed by atoms with Gasteiger partial charge in [-0.25, -0.2) is 23.3 Å². The quantitative estimate of drug-likeness (QED) is 0.201. The van der Waals surface area contributed by atoms with Crippen molar-refractivity contribution in [3.8, 4) is 11.1 Å². The predicted octanol–water partition coefficient (Wildman–Crippen LogP) is 6.67. The molecule has 0 spiro atoms. The van der Waals surface area contributed by atoms with Crippen molar-refractivity contribution in [1.29, 1.82) is 0 Å². The molecule has 4 aromatic rings. The first-order chi connectivity index (χ1) is 17.6. The Kier molecular flexibility index (Phi) is 7.96. The SMILES string of the molecule is Br.FC1(F)CCN(c2cc(-c3ccc[n+](Cc4ccccc4)c3)cc(Nc3cc(C(F)(F)F)ccn3)n2)C1. The number of alkyl halides is 5. The molecule has 1 aliphatic rings. The number of aromatic nitrogens is 3. The first kappa shape index (κ1) is 27.4. The summed E-state index contributed by atoms with van der Waals surface area (Å²) in [4.78, 5) is 9.89. The number of rotatable bonds is 6. The molecule has 1 saturated heterocycles. The maximum Gasteiger partial charge on any atom is 0.416 e. The number of benzene rings is 1. The van der Waals surface area contributed by atoms with E-state index in [4.69, 9.17) is 0 Å². The van der Waals surface area contributed by atoms with Crippen LogP contribution in [-0.4, -0.2) is 29.0 Å². The minimum absolute atomic E-state index is 0. The van der Waals surface area contributed by atoms with Crippen molar-refractivity contribution in [2.24, 2.45) is 0 Å². The zero-order valence-corrected chi connectivity index (χ0v) is 21.7. The molecule has 1 fully saturated rings. The Labute approximate surface area is 226 Å². The van der Waals surface area contributed by atoms with Crippen LogP contribution in [0.5, 0.6) is 0 Å². The molecule has 1 N–H and O–H groups in total. The van der Waals surface area contributed by atoms with Crippen LogP contribution in [0.2, 0.25) is 0 Å². The highest BCUT2D eigenvalue weighted by atomic mass is 79.9. The van der Waals surface area contributed by atoms with Crippen LogP contribution in [0.3, 0.4) is 0 Å². The van der Waals surface area contributed by atoms with Crippen LogP contribution >= 0.6 is 17.0 Å². The predicted molar refractivity (Wildman–Crippen MR) is 140 cm³/mol. The van der Waals surface area contributed by atoms with Crippen LogP contribution in [0.15, 0.2) is 85.3 Å². The van der Waals surface area contributed by atoms with E-state index in [1.807, 2.05) is 59.4 Å². The topological polar surface area (TPSA) is 44.9 Å². The fraction of sp³-hybridized carbons (Fsp3) is 0.222. The lowest BCUT2D eigenvalue weighted by molar-refractivity contribution is -0.687. The molecule has 0 saturated carbocycles. The molecule has 0 radical (unpaired) electrons. The molecule has 0 atom stereocenters. The summed E-state index contributed by atoms with van der Waals surface area (Å²) < 4.78 is 69.4. The van der Waals surface area contributed by atoms with E-state index in [1.54, 1.807) is 12.1 Å². The molecule has 0 unspecified atom stereocenters. The van der Waals surface area contributed by atoms with Crippen molar-refractivity contribution in [2.45, 2.75) is 25.1 Å². The average molecular weight is 593 g/mol. The van der Waals surface area contributed by atoms with E-state index >= 15 is 0 Å². The van der Waals surface area contributed by atoms with Crippen LogP contribution in [0.25, 0.3) is 11.1 Å². The third kappa shape index (κ3) is 6.63. The standard InChI is InChI=1S/C27H23F5N5.BrH/c28-26(29)9-12-37(18-26)25-14-21(20-7-4-11-36(17-20)16-19-5-2-1-3-6-19)13-24(35-25)34-23-15-22(8-10-33-23)27(30,31)32;/h1-8,10-11,13-15,17H,9,12,16,18H2,(H,33,34,35);1H/q+1;. The Hall–Kier alpha value is -3.60. The third-order valence-corrected chi connectivity index (χ3v) is 6.05. The van der Waals surface area contributed by atoms with E-state index in [0.717, 1.165) is 29.5 Å². The molecule has 4 heterocycles. The molecule has 1 aromatic carbocycles.